The van der Waals surface area contributed by atoms with E-state index in [0.29, 0.717) is 27.9 Å². The zero-order valence-corrected chi connectivity index (χ0v) is 17.8. The van der Waals surface area contributed by atoms with E-state index in [1.54, 1.807) is 22.8 Å². The highest BCUT2D eigenvalue weighted by atomic mass is 35.5. The van der Waals surface area contributed by atoms with Crippen molar-refractivity contribution < 1.29 is 4.52 Å². The Morgan fingerprint density at radius 2 is 2.03 bits per heavy atom. The van der Waals surface area contributed by atoms with Crippen molar-refractivity contribution in [3.05, 3.63) is 57.1 Å². The first-order chi connectivity index (χ1) is 14.1. The topological polar surface area (TPSA) is 101 Å². The number of hydrogen-bond acceptors (Lipinski definition) is 6. The molecule has 0 radical (unpaired) electrons. The number of rotatable bonds is 3. The average molecular weight is 447 g/mol. The Morgan fingerprint density at radius 1 is 1.23 bits per heavy atom. The predicted molar refractivity (Wildman–Crippen MR) is 116 cm³/mol. The average Bonchev–Trinajstić information content (AvgIpc) is 3.37. The van der Waals surface area contributed by atoms with E-state index in [-0.39, 0.29) is 23.9 Å². The molecular formula is C20H20Cl2N6O2. The number of nitrogens with zero attached hydrogens (tertiary/aromatic N) is 4. The molecule has 0 atom stereocenters. The fourth-order valence-corrected chi connectivity index (χ4v) is 3.94. The van der Waals surface area contributed by atoms with E-state index in [4.69, 9.17) is 16.1 Å². The van der Waals surface area contributed by atoms with E-state index >= 15 is 0 Å². The molecule has 156 valence electrons. The molecule has 0 bridgehead atoms. The Kier molecular flexibility index (Phi) is 5.64. The van der Waals surface area contributed by atoms with Crippen LogP contribution >= 0.6 is 24.0 Å². The summed E-state index contributed by atoms with van der Waals surface area (Å²) < 4.78 is 7.25. The monoisotopic (exact) mass is 446 g/mol. The van der Waals surface area contributed by atoms with Gasteiger partial charge in [-0.1, -0.05) is 28.9 Å². The van der Waals surface area contributed by atoms with Gasteiger partial charge < -0.3 is 14.8 Å². The first kappa shape index (κ1) is 20.6. The largest absolute Gasteiger partial charge is 0.333 e. The summed E-state index contributed by atoms with van der Waals surface area (Å²) in [5.41, 5.74) is 3.62. The Bertz CT molecular complexity index is 1260. The zero-order valence-electron chi connectivity index (χ0n) is 16.2. The summed E-state index contributed by atoms with van der Waals surface area (Å²) in [5, 5.41) is 12.6. The van der Waals surface area contributed by atoms with Gasteiger partial charge in [-0.25, -0.2) is 4.52 Å². The van der Waals surface area contributed by atoms with Gasteiger partial charge in [0.2, 0.25) is 5.82 Å². The van der Waals surface area contributed by atoms with Crippen LogP contribution < -0.4 is 10.9 Å². The lowest BCUT2D eigenvalue weighted by molar-refractivity contribution is 0.432. The number of benzene rings is 1. The van der Waals surface area contributed by atoms with E-state index < -0.39 is 0 Å². The fraction of sp³-hybridized carbons (Fsp3) is 0.300. The van der Waals surface area contributed by atoms with Crippen molar-refractivity contribution in [3.63, 3.8) is 0 Å². The van der Waals surface area contributed by atoms with Crippen LogP contribution in [0.3, 0.4) is 0 Å². The lowest BCUT2D eigenvalue weighted by atomic mass is 9.94. The van der Waals surface area contributed by atoms with E-state index in [1.807, 2.05) is 19.1 Å². The van der Waals surface area contributed by atoms with Crippen LogP contribution in [-0.2, 0) is 0 Å². The quantitative estimate of drug-likeness (QED) is 0.498. The molecule has 5 rings (SSSR count). The van der Waals surface area contributed by atoms with Gasteiger partial charge in [-0.2, -0.15) is 10.1 Å². The van der Waals surface area contributed by atoms with E-state index in [2.05, 4.69) is 25.5 Å². The summed E-state index contributed by atoms with van der Waals surface area (Å²) in [5.74, 6) is 1.00. The normalized spacial score (nSPS) is 14.7. The van der Waals surface area contributed by atoms with Gasteiger partial charge >= 0.3 is 0 Å². The predicted octanol–water partition coefficient (Wildman–Crippen LogP) is 3.59. The van der Waals surface area contributed by atoms with Crippen LogP contribution in [-0.4, -0.2) is 37.8 Å². The molecule has 4 heterocycles. The Labute approximate surface area is 183 Å². The third kappa shape index (κ3) is 3.62. The van der Waals surface area contributed by atoms with Gasteiger partial charge in [0, 0.05) is 22.6 Å². The van der Waals surface area contributed by atoms with Crippen LogP contribution in [0.4, 0.5) is 0 Å². The van der Waals surface area contributed by atoms with Crippen LogP contribution in [0, 0.1) is 6.92 Å². The van der Waals surface area contributed by atoms with Crippen molar-refractivity contribution in [2.24, 2.45) is 0 Å². The minimum atomic E-state index is -0.169. The minimum Gasteiger partial charge on any atom is -0.333 e. The van der Waals surface area contributed by atoms with Crippen LogP contribution in [0.2, 0.25) is 5.02 Å². The first-order valence-corrected chi connectivity index (χ1v) is 9.90. The van der Waals surface area contributed by atoms with Gasteiger partial charge in [0.05, 0.1) is 11.9 Å². The number of halogens is 2. The second kappa shape index (κ2) is 8.22. The maximum absolute atomic E-state index is 12.3. The van der Waals surface area contributed by atoms with Crippen molar-refractivity contribution in [3.8, 4) is 22.8 Å². The van der Waals surface area contributed by atoms with Crippen LogP contribution in [0.15, 0.2) is 39.8 Å². The Hall–Kier alpha value is -2.68. The summed E-state index contributed by atoms with van der Waals surface area (Å²) in [7, 11) is 0. The standard InChI is InChI=1S/C20H19ClN6O2.ClH/c1-11-2-3-13(8-15(11)21)18-25-20(29-26-18)14-10-23-27-16(9-17(28)24-19(14)27)12-4-6-22-7-5-12;/h2-3,8-10,12,22H,4-7H2,1H3,(H,24,28);1H. The molecule has 0 unspecified atom stereocenters. The molecule has 4 aromatic rings. The van der Waals surface area contributed by atoms with Crippen molar-refractivity contribution in [2.45, 2.75) is 25.7 Å². The van der Waals surface area contributed by atoms with Crippen molar-refractivity contribution in [2.75, 3.05) is 13.1 Å². The highest BCUT2D eigenvalue weighted by molar-refractivity contribution is 6.31. The van der Waals surface area contributed by atoms with Gasteiger partial charge in [-0.05, 0) is 44.5 Å². The number of piperidine rings is 1. The molecule has 10 heteroatoms. The molecule has 3 aromatic heterocycles. The number of aryl methyl sites for hydroxylation is 1. The second-order valence-electron chi connectivity index (χ2n) is 7.29. The van der Waals surface area contributed by atoms with Crippen molar-refractivity contribution in [1.82, 2.24) is 30.1 Å². The molecule has 30 heavy (non-hydrogen) atoms. The Morgan fingerprint density at radius 3 is 2.80 bits per heavy atom. The number of hydrogen-bond donors (Lipinski definition) is 2. The molecule has 0 aliphatic carbocycles. The van der Waals surface area contributed by atoms with Crippen molar-refractivity contribution in [1.29, 1.82) is 0 Å². The van der Waals surface area contributed by atoms with Gasteiger partial charge in [0.15, 0.2) is 0 Å². The molecule has 0 spiro atoms. The van der Waals surface area contributed by atoms with Crippen molar-refractivity contribution >= 4 is 29.7 Å². The van der Waals surface area contributed by atoms with E-state index in [9.17, 15) is 4.79 Å². The third-order valence-corrected chi connectivity index (χ3v) is 5.79. The highest BCUT2D eigenvalue weighted by Crippen LogP contribution is 2.29. The van der Waals surface area contributed by atoms with Gasteiger partial charge in [-0.3, -0.25) is 4.79 Å². The summed E-state index contributed by atoms with van der Waals surface area (Å²) >= 11 is 6.21. The number of fused-ring (bicyclic) bond motifs is 1. The van der Waals surface area contributed by atoms with Gasteiger partial charge in [0.25, 0.3) is 11.4 Å². The number of nitrogens with one attached hydrogen (secondary N) is 2. The first-order valence-electron chi connectivity index (χ1n) is 9.52. The molecule has 0 amide bonds. The smallest absolute Gasteiger partial charge is 0.263 e. The Balaban J connectivity index is 0.00000218. The van der Waals surface area contributed by atoms with Crippen LogP contribution in [0.25, 0.3) is 28.5 Å². The molecule has 8 nitrogen and oxygen atoms in total. The molecule has 1 fully saturated rings. The lowest BCUT2D eigenvalue weighted by Gasteiger charge is -2.23. The van der Waals surface area contributed by atoms with Crippen LogP contribution in [0.1, 0.15) is 30.0 Å². The van der Waals surface area contributed by atoms with E-state index in [1.165, 1.54) is 0 Å². The highest BCUT2D eigenvalue weighted by Gasteiger charge is 2.22. The number of aromatic nitrogens is 5. The maximum Gasteiger partial charge on any atom is 0.263 e. The molecule has 1 aliphatic heterocycles. The summed E-state index contributed by atoms with van der Waals surface area (Å²) in [6.07, 6.45) is 3.58. The summed E-state index contributed by atoms with van der Waals surface area (Å²) in [6, 6.07) is 7.24. The number of aromatic amines is 1. The molecule has 1 saturated heterocycles. The van der Waals surface area contributed by atoms with Gasteiger partial charge in [0.1, 0.15) is 11.2 Å². The number of H-pyrrole nitrogens is 1. The zero-order chi connectivity index (χ0) is 20.0. The van der Waals surface area contributed by atoms with E-state index in [0.717, 1.165) is 42.8 Å². The molecule has 0 saturated carbocycles. The maximum atomic E-state index is 12.3. The molecule has 2 N–H and O–H groups in total. The SMILES string of the molecule is Cc1ccc(-c2noc(-c3cnn4c(C5CCNCC5)cc(=O)[nH]c34)n2)cc1Cl.Cl. The molecular weight excluding hydrogens is 427 g/mol. The lowest BCUT2D eigenvalue weighted by Crippen LogP contribution is -2.28. The van der Waals surface area contributed by atoms with Gasteiger partial charge in [-0.15, -0.1) is 12.4 Å². The summed E-state index contributed by atoms with van der Waals surface area (Å²) in [4.78, 5) is 19.7. The molecule has 1 aliphatic rings. The third-order valence-electron chi connectivity index (χ3n) is 5.38. The second-order valence-corrected chi connectivity index (χ2v) is 7.70. The van der Waals surface area contributed by atoms with Crippen LogP contribution in [0.5, 0.6) is 0 Å². The minimum absolute atomic E-state index is 0. The molecule has 1 aromatic carbocycles. The summed E-state index contributed by atoms with van der Waals surface area (Å²) in [6.45, 7) is 3.79. The fourth-order valence-electron chi connectivity index (χ4n) is 3.76.